The average Bonchev–Trinajstić information content (AvgIpc) is 2.34. The van der Waals surface area contributed by atoms with Crippen LogP contribution in [-0.4, -0.2) is 30.7 Å². The Morgan fingerprint density at radius 3 is 2.44 bits per heavy atom. The summed E-state index contributed by atoms with van der Waals surface area (Å²) in [4.78, 5) is 11.3. The molecule has 1 aromatic rings. The van der Waals surface area contributed by atoms with Crippen LogP contribution in [-0.2, 0) is 0 Å². The third kappa shape index (κ3) is 4.85. The second kappa shape index (κ2) is 7.13. The minimum Gasteiger partial charge on any atom is -0.394 e. The van der Waals surface area contributed by atoms with Crippen molar-refractivity contribution in [3.8, 4) is 0 Å². The molecule has 1 aromatic carbocycles. The highest BCUT2D eigenvalue weighted by Gasteiger charge is 2.14. The molecule has 3 N–H and O–H groups in total. The van der Waals surface area contributed by atoms with Gasteiger partial charge in [-0.2, -0.15) is 0 Å². The predicted octanol–water partition coefficient (Wildman–Crippen LogP) is 1.94. The molecule has 1 unspecified atom stereocenters. The molecule has 0 fully saturated rings. The standard InChI is InChI=1S/C11H13ClF2N2O2/c12-8-3-1-7(2-4-8)9(6-17)16-11(18)15-5-10(13)14/h1-4,9-10,17H,5-6H2,(H2,15,16,18). The Hall–Kier alpha value is -1.40. The Morgan fingerprint density at radius 1 is 1.33 bits per heavy atom. The maximum absolute atomic E-state index is 11.9. The first-order chi connectivity index (χ1) is 8.52. The number of carbonyl (C=O) groups excluding carboxylic acids is 1. The van der Waals surface area contributed by atoms with E-state index in [1.807, 2.05) is 5.32 Å². The van der Waals surface area contributed by atoms with Crippen molar-refractivity contribution < 1.29 is 18.7 Å². The molecule has 0 bridgehead atoms. The van der Waals surface area contributed by atoms with E-state index in [9.17, 15) is 13.6 Å². The number of carbonyl (C=O) groups is 1. The van der Waals surface area contributed by atoms with Gasteiger partial charge in [0.15, 0.2) is 0 Å². The minimum absolute atomic E-state index is 0.344. The van der Waals surface area contributed by atoms with Crippen LogP contribution < -0.4 is 10.6 Å². The van der Waals surface area contributed by atoms with Crippen LogP contribution in [0.3, 0.4) is 0 Å². The highest BCUT2D eigenvalue weighted by molar-refractivity contribution is 6.30. The highest BCUT2D eigenvalue weighted by atomic mass is 35.5. The predicted molar refractivity (Wildman–Crippen MR) is 63.8 cm³/mol. The number of alkyl halides is 2. The van der Waals surface area contributed by atoms with Crippen LogP contribution in [0.4, 0.5) is 13.6 Å². The van der Waals surface area contributed by atoms with Crippen molar-refractivity contribution in [2.75, 3.05) is 13.2 Å². The number of hydrogen-bond acceptors (Lipinski definition) is 2. The van der Waals surface area contributed by atoms with E-state index in [1.54, 1.807) is 24.3 Å². The lowest BCUT2D eigenvalue weighted by Gasteiger charge is -2.17. The number of aliphatic hydroxyl groups excluding tert-OH is 1. The van der Waals surface area contributed by atoms with Crippen molar-refractivity contribution >= 4 is 17.6 Å². The maximum atomic E-state index is 11.9. The van der Waals surface area contributed by atoms with Gasteiger partial charge in [-0.15, -0.1) is 0 Å². The summed E-state index contributed by atoms with van der Waals surface area (Å²) in [6.45, 7) is -1.08. The normalized spacial score (nSPS) is 12.3. The van der Waals surface area contributed by atoms with Gasteiger partial charge >= 0.3 is 6.03 Å². The summed E-state index contributed by atoms with van der Waals surface area (Å²) in [5.74, 6) is 0. The van der Waals surface area contributed by atoms with Gasteiger partial charge in [0.25, 0.3) is 6.43 Å². The number of aliphatic hydroxyl groups is 1. The first-order valence-electron chi connectivity index (χ1n) is 5.21. The number of rotatable bonds is 5. The van der Waals surface area contributed by atoms with Crippen LogP contribution in [0.5, 0.6) is 0 Å². The monoisotopic (exact) mass is 278 g/mol. The summed E-state index contributed by atoms with van der Waals surface area (Å²) >= 11 is 5.70. The quantitative estimate of drug-likeness (QED) is 0.771. The molecule has 0 radical (unpaired) electrons. The van der Waals surface area contributed by atoms with Crippen LogP contribution in [0, 0.1) is 0 Å². The van der Waals surface area contributed by atoms with Crippen LogP contribution in [0.2, 0.25) is 5.02 Å². The molecule has 0 aromatic heterocycles. The van der Waals surface area contributed by atoms with Crippen molar-refractivity contribution in [1.29, 1.82) is 0 Å². The van der Waals surface area contributed by atoms with E-state index >= 15 is 0 Å². The SMILES string of the molecule is O=C(NCC(F)F)NC(CO)c1ccc(Cl)cc1. The van der Waals surface area contributed by atoms with Crippen molar-refractivity contribution in [2.45, 2.75) is 12.5 Å². The second-order valence-corrected chi connectivity index (χ2v) is 3.97. The molecule has 1 atom stereocenters. The van der Waals surface area contributed by atoms with Crippen LogP contribution in [0.15, 0.2) is 24.3 Å². The molecule has 0 heterocycles. The fourth-order valence-corrected chi connectivity index (χ4v) is 1.43. The molecule has 0 spiro atoms. The van der Waals surface area contributed by atoms with Crippen LogP contribution in [0.25, 0.3) is 0 Å². The van der Waals surface area contributed by atoms with Gasteiger partial charge in [-0.25, -0.2) is 13.6 Å². The molecule has 0 saturated heterocycles. The number of urea groups is 1. The lowest BCUT2D eigenvalue weighted by Crippen LogP contribution is -2.41. The number of nitrogens with one attached hydrogen (secondary N) is 2. The van der Waals surface area contributed by atoms with Gasteiger partial charge in [-0.3, -0.25) is 0 Å². The van der Waals surface area contributed by atoms with Gasteiger partial charge in [0.05, 0.1) is 19.2 Å². The Bertz CT molecular complexity index is 387. The van der Waals surface area contributed by atoms with Crippen molar-refractivity contribution in [2.24, 2.45) is 0 Å². The maximum Gasteiger partial charge on any atom is 0.315 e. The van der Waals surface area contributed by atoms with E-state index in [4.69, 9.17) is 16.7 Å². The third-order valence-electron chi connectivity index (χ3n) is 2.18. The lowest BCUT2D eigenvalue weighted by atomic mass is 10.1. The molecule has 7 heteroatoms. The zero-order valence-electron chi connectivity index (χ0n) is 9.37. The Kier molecular flexibility index (Phi) is 5.80. The van der Waals surface area contributed by atoms with E-state index in [-0.39, 0.29) is 6.61 Å². The van der Waals surface area contributed by atoms with E-state index in [2.05, 4.69) is 5.32 Å². The van der Waals surface area contributed by atoms with Crippen LogP contribution in [0.1, 0.15) is 11.6 Å². The number of hydrogen-bond donors (Lipinski definition) is 3. The largest absolute Gasteiger partial charge is 0.394 e. The summed E-state index contributed by atoms with van der Waals surface area (Å²) in [7, 11) is 0. The molecule has 0 aliphatic heterocycles. The Morgan fingerprint density at radius 2 is 1.94 bits per heavy atom. The minimum atomic E-state index is -2.61. The summed E-state index contributed by atoms with van der Waals surface area (Å²) in [5.41, 5.74) is 0.633. The molecule has 0 saturated carbocycles. The summed E-state index contributed by atoms with van der Waals surface area (Å²) < 4.78 is 23.8. The second-order valence-electron chi connectivity index (χ2n) is 3.53. The molecule has 0 aliphatic rings. The van der Waals surface area contributed by atoms with Gasteiger partial charge in [0.1, 0.15) is 0 Å². The van der Waals surface area contributed by atoms with Crippen molar-refractivity contribution in [1.82, 2.24) is 10.6 Å². The summed E-state index contributed by atoms with van der Waals surface area (Å²) in [6.07, 6.45) is -2.61. The third-order valence-corrected chi connectivity index (χ3v) is 2.43. The number of benzene rings is 1. The fraction of sp³-hybridized carbons (Fsp3) is 0.364. The molecule has 0 aliphatic carbocycles. The van der Waals surface area contributed by atoms with Crippen molar-refractivity contribution in [3.63, 3.8) is 0 Å². The van der Waals surface area contributed by atoms with Gasteiger partial charge in [0, 0.05) is 5.02 Å². The van der Waals surface area contributed by atoms with Gasteiger partial charge in [-0.1, -0.05) is 23.7 Å². The highest BCUT2D eigenvalue weighted by Crippen LogP contribution is 2.16. The summed E-state index contributed by atoms with van der Waals surface area (Å²) in [6, 6.07) is 5.06. The molecule has 18 heavy (non-hydrogen) atoms. The first-order valence-corrected chi connectivity index (χ1v) is 5.59. The van der Waals surface area contributed by atoms with Gasteiger partial charge < -0.3 is 15.7 Å². The van der Waals surface area contributed by atoms with Crippen LogP contribution >= 0.6 is 11.6 Å². The smallest absolute Gasteiger partial charge is 0.315 e. The van der Waals surface area contributed by atoms with E-state index in [0.29, 0.717) is 10.6 Å². The topological polar surface area (TPSA) is 61.4 Å². The number of halogens is 3. The van der Waals surface area contributed by atoms with E-state index < -0.39 is 25.0 Å². The Labute approximate surface area is 108 Å². The molecular formula is C11H13ClF2N2O2. The fourth-order valence-electron chi connectivity index (χ4n) is 1.31. The Balaban J connectivity index is 2.56. The molecule has 2 amide bonds. The zero-order valence-corrected chi connectivity index (χ0v) is 10.1. The summed E-state index contributed by atoms with van der Waals surface area (Å²) in [5, 5.41) is 14.0. The molecular weight excluding hydrogens is 266 g/mol. The molecule has 1 rings (SSSR count). The molecule has 100 valence electrons. The zero-order chi connectivity index (χ0) is 13.5. The van der Waals surface area contributed by atoms with Gasteiger partial charge in [-0.05, 0) is 17.7 Å². The number of amides is 2. The molecule has 4 nitrogen and oxygen atoms in total. The van der Waals surface area contributed by atoms with E-state index in [1.165, 1.54) is 0 Å². The first kappa shape index (κ1) is 14.7. The van der Waals surface area contributed by atoms with E-state index in [0.717, 1.165) is 0 Å². The average molecular weight is 279 g/mol. The lowest BCUT2D eigenvalue weighted by molar-refractivity contribution is 0.145. The van der Waals surface area contributed by atoms with Crippen molar-refractivity contribution in [3.05, 3.63) is 34.9 Å². The van der Waals surface area contributed by atoms with Gasteiger partial charge in [0.2, 0.25) is 0 Å².